The van der Waals surface area contributed by atoms with E-state index >= 15 is 0 Å². The van der Waals surface area contributed by atoms with Crippen molar-refractivity contribution in [2.24, 2.45) is 5.92 Å². The van der Waals surface area contributed by atoms with Crippen LogP contribution in [0.25, 0.3) is 11.2 Å². The number of ether oxygens (including phenoxy) is 2. The number of hydrogen-bond donors (Lipinski definition) is 3. The van der Waals surface area contributed by atoms with Gasteiger partial charge in [-0.05, 0) is 31.4 Å². The molecule has 0 spiro atoms. The van der Waals surface area contributed by atoms with E-state index in [1.165, 1.54) is 7.11 Å². The normalized spacial score (nSPS) is 20.3. The zero-order valence-electron chi connectivity index (χ0n) is 22.6. The predicted molar refractivity (Wildman–Crippen MR) is 149 cm³/mol. The van der Waals surface area contributed by atoms with E-state index in [1.807, 2.05) is 16.7 Å². The van der Waals surface area contributed by atoms with Crippen LogP contribution in [0, 0.1) is 5.92 Å². The highest BCUT2D eigenvalue weighted by atomic mass is 31.2. The van der Waals surface area contributed by atoms with Crippen LogP contribution in [-0.2, 0) is 28.2 Å². The molecule has 0 saturated heterocycles. The molecule has 0 aliphatic heterocycles. The van der Waals surface area contributed by atoms with Crippen molar-refractivity contribution >= 4 is 42.6 Å². The smallest absolute Gasteiger partial charge is 0.459 e. The van der Waals surface area contributed by atoms with Crippen LogP contribution in [0.3, 0.4) is 0 Å². The summed E-state index contributed by atoms with van der Waals surface area (Å²) in [5, 5.41) is 5.93. The van der Waals surface area contributed by atoms with Gasteiger partial charge in [0.05, 0.1) is 39.6 Å². The minimum absolute atomic E-state index is 0.00549. The number of nitrogen functional groups attached to an aromatic ring is 1. The van der Waals surface area contributed by atoms with Crippen LogP contribution in [0.4, 0.5) is 11.8 Å². The van der Waals surface area contributed by atoms with E-state index in [4.69, 9.17) is 19.5 Å². The van der Waals surface area contributed by atoms with Crippen molar-refractivity contribution in [2.45, 2.75) is 43.8 Å². The fourth-order valence-electron chi connectivity index (χ4n) is 4.45. The molecule has 4 atom stereocenters. The van der Waals surface area contributed by atoms with Crippen LogP contribution in [0.2, 0.25) is 0 Å². The molecule has 1 fully saturated rings. The summed E-state index contributed by atoms with van der Waals surface area (Å²) >= 11 is 0. The first-order chi connectivity index (χ1) is 19.8. The first-order valence-electron chi connectivity index (χ1n) is 13.1. The van der Waals surface area contributed by atoms with E-state index in [0.717, 1.165) is 20.0 Å². The van der Waals surface area contributed by atoms with Crippen molar-refractivity contribution < 1.29 is 32.7 Å². The Morgan fingerprint density at radius 2 is 1.93 bits per heavy atom. The lowest BCUT2D eigenvalue weighted by molar-refractivity contribution is -0.149. The zero-order chi connectivity index (χ0) is 29.0. The predicted octanol–water partition coefficient (Wildman–Crippen LogP) is 3.00. The molecule has 0 radical (unpaired) electrons. The Labute approximate surface area is 236 Å². The summed E-state index contributed by atoms with van der Waals surface area (Å²) in [6.45, 7) is -0.00549. The van der Waals surface area contributed by atoms with Gasteiger partial charge in [-0.1, -0.05) is 30.4 Å². The number of allylic oxidation sites excluding steroid dienone is 1. The molecule has 5 rings (SSSR count). The van der Waals surface area contributed by atoms with Crippen molar-refractivity contribution in [3.63, 3.8) is 0 Å². The van der Waals surface area contributed by atoms with Gasteiger partial charge in [-0.2, -0.15) is 15.1 Å². The molecule has 2 aromatic heterocycles. The summed E-state index contributed by atoms with van der Waals surface area (Å²) in [5.41, 5.74) is 7.24. The average molecular weight is 586 g/mol. The maximum atomic E-state index is 13.9. The Hall–Kier alpha value is -4.00. The number of para-hydroxylation sites is 1. The lowest BCUT2D eigenvalue weighted by Gasteiger charge is -2.25. The number of aromatic nitrogens is 4. The second-order valence-corrected chi connectivity index (χ2v) is 11.5. The number of nitrogens with two attached hydrogens (primary N) is 1. The quantitative estimate of drug-likeness (QED) is 0.151. The zero-order valence-corrected chi connectivity index (χ0v) is 23.5. The van der Waals surface area contributed by atoms with Gasteiger partial charge in [0, 0.05) is 12.0 Å². The molecule has 3 aromatic rings. The highest BCUT2D eigenvalue weighted by molar-refractivity contribution is 7.52. The van der Waals surface area contributed by atoms with E-state index < -0.39 is 32.1 Å². The van der Waals surface area contributed by atoms with E-state index in [-0.39, 0.29) is 30.3 Å². The minimum atomic E-state index is -4.18. The Morgan fingerprint density at radius 3 is 2.63 bits per heavy atom. The molecular formula is C26H32N7O7P. The minimum Gasteiger partial charge on any atom is -0.469 e. The molecular weight excluding hydrogens is 553 g/mol. The number of hydrogen-bond acceptors (Lipinski definition) is 12. The first kappa shape index (κ1) is 28.5. The Kier molecular flexibility index (Phi) is 8.52. The SMILES string of the molecule is COC(=O)C[C@H](NP(=O)(OC[C@@H]1C=C[C@H](n2cnc3c(NC4CC4)nc(N)nc32)C1)Oc1ccccc1)C(=O)OC. The van der Waals surface area contributed by atoms with Crippen molar-refractivity contribution in [1.29, 1.82) is 0 Å². The van der Waals surface area contributed by atoms with Gasteiger partial charge in [-0.15, -0.1) is 0 Å². The third-order valence-electron chi connectivity index (χ3n) is 6.69. The maximum absolute atomic E-state index is 13.9. The summed E-state index contributed by atoms with van der Waals surface area (Å²) in [5.74, 6) is -0.655. The van der Waals surface area contributed by atoms with E-state index in [0.29, 0.717) is 29.4 Å². The second kappa shape index (κ2) is 12.2. The Balaban J connectivity index is 1.30. The van der Waals surface area contributed by atoms with Crippen LogP contribution < -0.4 is 20.7 Å². The van der Waals surface area contributed by atoms with Gasteiger partial charge < -0.3 is 29.6 Å². The van der Waals surface area contributed by atoms with Gasteiger partial charge in [-0.25, -0.2) is 9.55 Å². The molecule has 4 N–H and O–H groups in total. The van der Waals surface area contributed by atoms with Gasteiger partial charge >= 0.3 is 19.7 Å². The van der Waals surface area contributed by atoms with Gasteiger partial charge in [-0.3, -0.25) is 14.1 Å². The number of fused-ring (bicyclic) bond motifs is 1. The lowest BCUT2D eigenvalue weighted by atomic mass is 10.1. The summed E-state index contributed by atoms with van der Waals surface area (Å²) in [6, 6.07) is 7.31. The van der Waals surface area contributed by atoms with Gasteiger partial charge in [0.25, 0.3) is 0 Å². The van der Waals surface area contributed by atoms with Crippen LogP contribution in [0.1, 0.15) is 31.7 Å². The van der Waals surface area contributed by atoms with Crippen LogP contribution in [0.5, 0.6) is 5.75 Å². The number of methoxy groups -OCH3 is 2. The lowest BCUT2D eigenvalue weighted by Crippen LogP contribution is -2.39. The highest BCUT2D eigenvalue weighted by Crippen LogP contribution is 2.46. The number of rotatable bonds is 13. The standard InChI is InChI=1S/C26H32N7O7P/c1-37-21(34)13-20(25(35)38-2)32-41(36,40-19-6-4-3-5-7-19)39-14-16-8-11-18(12-16)33-15-28-22-23(29-17-9-10-17)30-26(27)31-24(22)33/h3-8,11,15-18,20H,9-10,12-14H2,1-2H3,(H,32,36)(H3,27,29,30,31)/t16-,18+,20+,41?/m1/s1. The fraction of sp³-hybridized carbons (Fsp3) is 0.423. The van der Waals surface area contributed by atoms with Gasteiger partial charge in [0.1, 0.15) is 11.8 Å². The molecule has 15 heteroatoms. The maximum Gasteiger partial charge on any atom is 0.459 e. The summed E-state index contributed by atoms with van der Waals surface area (Å²) in [7, 11) is -1.84. The molecule has 14 nitrogen and oxygen atoms in total. The molecule has 2 aliphatic carbocycles. The number of esters is 2. The number of benzene rings is 1. The van der Waals surface area contributed by atoms with Gasteiger partial charge in [0.15, 0.2) is 17.0 Å². The largest absolute Gasteiger partial charge is 0.469 e. The molecule has 1 saturated carbocycles. The molecule has 1 aromatic carbocycles. The fourth-order valence-corrected chi connectivity index (χ4v) is 5.99. The van der Waals surface area contributed by atoms with Crippen LogP contribution in [-0.4, -0.2) is 64.4 Å². The number of nitrogens with one attached hydrogen (secondary N) is 2. The van der Waals surface area contributed by atoms with Crippen molar-refractivity contribution in [2.75, 3.05) is 31.9 Å². The molecule has 2 aliphatic rings. The highest BCUT2D eigenvalue weighted by Gasteiger charge is 2.37. The van der Waals surface area contributed by atoms with Crippen molar-refractivity contribution in [1.82, 2.24) is 24.6 Å². The third kappa shape index (κ3) is 7.02. The van der Waals surface area contributed by atoms with Crippen LogP contribution >= 0.6 is 7.75 Å². The number of carbonyl (C=O) groups excluding carboxylic acids is 2. The molecule has 0 amide bonds. The Morgan fingerprint density at radius 1 is 1.15 bits per heavy atom. The first-order valence-corrected chi connectivity index (χ1v) is 14.7. The molecule has 0 bridgehead atoms. The number of imidazole rings is 1. The van der Waals surface area contributed by atoms with E-state index in [2.05, 4.69) is 30.1 Å². The Bertz CT molecular complexity index is 1480. The third-order valence-corrected chi connectivity index (χ3v) is 8.26. The molecule has 218 valence electrons. The van der Waals surface area contributed by atoms with Gasteiger partial charge in [0.2, 0.25) is 5.95 Å². The van der Waals surface area contributed by atoms with E-state index in [1.54, 1.807) is 36.7 Å². The van der Waals surface area contributed by atoms with Crippen LogP contribution in [0.15, 0.2) is 48.8 Å². The molecule has 41 heavy (non-hydrogen) atoms. The number of carbonyl (C=O) groups is 2. The average Bonchev–Trinajstić information content (AvgIpc) is 3.47. The second-order valence-electron chi connectivity index (χ2n) is 9.80. The summed E-state index contributed by atoms with van der Waals surface area (Å²) in [6.07, 6.45) is 7.96. The number of anilines is 2. The summed E-state index contributed by atoms with van der Waals surface area (Å²) < 4.78 is 36.8. The van der Waals surface area contributed by atoms with E-state index in [9.17, 15) is 14.2 Å². The molecule has 1 unspecified atom stereocenters. The summed E-state index contributed by atoms with van der Waals surface area (Å²) in [4.78, 5) is 37.6. The topological polar surface area (TPSA) is 182 Å². The molecule has 2 heterocycles. The van der Waals surface area contributed by atoms with Crippen molar-refractivity contribution in [3.8, 4) is 5.75 Å². The number of nitrogens with zero attached hydrogens (tertiary/aromatic N) is 4. The van der Waals surface area contributed by atoms with Crippen molar-refractivity contribution in [3.05, 3.63) is 48.8 Å². The monoisotopic (exact) mass is 585 g/mol.